The molecule has 1 rings (SSSR count). The highest BCUT2D eigenvalue weighted by Gasteiger charge is 2.17. The van der Waals surface area contributed by atoms with Gasteiger partial charge in [0.1, 0.15) is 15.6 Å². The SMILES string of the molecule is CCCNC(CS(C)(=O)=O)c1cccc(OC)c1. The molecule has 0 spiro atoms. The Hall–Kier alpha value is -1.07. The van der Waals surface area contributed by atoms with Gasteiger partial charge in [-0.25, -0.2) is 8.42 Å². The summed E-state index contributed by atoms with van der Waals surface area (Å²) in [4.78, 5) is 0. The van der Waals surface area contributed by atoms with Gasteiger partial charge in [-0.15, -0.1) is 0 Å². The van der Waals surface area contributed by atoms with E-state index in [1.807, 2.05) is 24.3 Å². The molecule has 1 atom stereocenters. The van der Waals surface area contributed by atoms with E-state index in [-0.39, 0.29) is 11.8 Å². The molecule has 0 bridgehead atoms. The largest absolute Gasteiger partial charge is 0.497 e. The second-order valence-corrected chi connectivity index (χ2v) is 6.56. The third-order valence-electron chi connectivity index (χ3n) is 2.61. The third kappa shape index (κ3) is 5.06. The van der Waals surface area contributed by atoms with Gasteiger partial charge in [-0.2, -0.15) is 0 Å². The summed E-state index contributed by atoms with van der Waals surface area (Å²) < 4.78 is 28.1. The zero-order valence-electron chi connectivity index (χ0n) is 11.1. The maximum Gasteiger partial charge on any atom is 0.149 e. The Morgan fingerprint density at radius 2 is 2.11 bits per heavy atom. The lowest BCUT2D eigenvalue weighted by Crippen LogP contribution is -2.28. The molecule has 0 aliphatic carbocycles. The summed E-state index contributed by atoms with van der Waals surface area (Å²) in [5, 5.41) is 3.26. The molecule has 4 nitrogen and oxygen atoms in total. The summed E-state index contributed by atoms with van der Waals surface area (Å²) in [5.41, 5.74) is 0.938. The molecule has 102 valence electrons. The molecule has 0 heterocycles. The monoisotopic (exact) mass is 271 g/mol. The second kappa shape index (κ2) is 6.75. The van der Waals surface area contributed by atoms with Crippen molar-refractivity contribution < 1.29 is 13.2 Å². The van der Waals surface area contributed by atoms with Gasteiger partial charge in [0.25, 0.3) is 0 Å². The second-order valence-electron chi connectivity index (χ2n) is 4.38. The Labute approximate surface area is 109 Å². The number of benzene rings is 1. The predicted octanol–water partition coefficient (Wildman–Crippen LogP) is 1.78. The molecule has 0 radical (unpaired) electrons. The van der Waals surface area contributed by atoms with E-state index in [1.54, 1.807) is 7.11 Å². The highest BCUT2D eigenvalue weighted by atomic mass is 32.2. The molecule has 5 heteroatoms. The summed E-state index contributed by atoms with van der Waals surface area (Å²) in [6.07, 6.45) is 2.22. The van der Waals surface area contributed by atoms with E-state index < -0.39 is 9.84 Å². The molecule has 1 unspecified atom stereocenters. The number of hydrogen-bond donors (Lipinski definition) is 1. The molecule has 0 aliphatic rings. The lowest BCUT2D eigenvalue weighted by Gasteiger charge is -2.18. The summed E-state index contributed by atoms with van der Waals surface area (Å²) >= 11 is 0. The lowest BCUT2D eigenvalue weighted by molar-refractivity contribution is 0.413. The minimum atomic E-state index is -3.02. The average molecular weight is 271 g/mol. The van der Waals surface area contributed by atoms with E-state index in [9.17, 15) is 8.42 Å². The fourth-order valence-electron chi connectivity index (χ4n) is 1.75. The normalized spacial score (nSPS) is 13.3. The van der Waals surface area contributed by atoms with Crippen LogP contribution in [0.25, 0.3) is 0 Å². The first kappa shape index (κ1) is 15.0. The molecule has 0 aliphatic heterocycles. The molecule has 1 aromatic rings. The van der Waals surface area contributed by atoms with E-state index in [4.69, 9.17) is 4.74 Å². The highest BCUT2D eigenvalue weighted by molar-refractivity contribution is 7.90. The first-order chi connectivity index (χ1) is 8.46. The van der Waals surface area contributed by atoms with E-state index in [0.717, 1.165) is 24.3 Å². The molecule has 1 aromatic carbocycles. The maximum atomic E-state index is 11.5. The Bertz CT molecular complexity index is 471. The predicted molar refractivity (Wildman–Crippen MR) is 73.7 cm³/mol. The van der Waals surface area contributed by atoms with E-state index >= 15 is 0 Å². The van der Waals surface area contributed by atoms with E-state index in [0.29, 0.717) is 0 Å². The Balaban J connectivity index is 2.93. The Morgan fingerprint density at radius 1 is 1.39 bits per heavy atom. The van der Waals surface area contributed by atoms with Crippen LogP contribution in [-0.2, 0) is 9.84 Å². The summed E-state index contributed by atoms with van der Waals surface area (Å²) in [5.74, 6) is 0.837. The Kier molecular flexibility index (Phi) is 5.62. The van der Waals surface area contributed by atoms with Gasteiger partial charge in [0.2, 0.25) is 0 Å². The number of sulfone groups is 1. The van der Waals surface area contributed by atoms with Gasteiger partial charge in [0.05, 0.1) is 12.9 Å². The minimum Gasteiger partial charge on any atom is -0.497 e. The molecule has 0 saturated heterocycles. The van der Waals surface area contributed by atoms with Gasteiger partial charge in [-0.05, 0) is 30.7 Å². The van der Waals surface area contributed by atoms with Crippen LogP contribution >= 0.6 is 0 Å². The summed E-state index contributed by atoms with van der Waals surface area (Å²) in [6.45, 7) is 2.84. The van der Waals surface area contributed by atoms with Crippen LogP contribution in [0.2, 0.25) is 0 Å². The van der Waals surface area contributed by atoms with E-state index in [2.05, 4.69) is 12.2 Å². The first-order valence-electron chi connectivity index (χ1n) is 6.01. The van der Waals surface area contributed by atoms with Crippen molar-refractivity contribution in [2.45, 2.75) is 19.4 Å². The lowest BCUT2D eigenvalue weighted by atomic mass is 10.1. The number of rotatable bonds is 7. The van der Waals surface area contributed by atoms with E-state index in [1.165, 1.54) is 6.26 Å². The van der Waals surface area contributed by atoms with Gasteiger partial charge < -0.3 is 10.1 Å². The fourth-order valence-corrected chi connectivity index (χ4v) is 2.67. The van der Waals surface area contributed by atoms with Crippen LogP contribution in [0.5, 0.6) is 5.75 Å². The zero-order valence-corrected chi connectivity index (χ0v) is 12.0. The standard InChI is InChI=1S/C13H21NO3S/c1-4-8-14-13(10-18(3,15)16)11-6-5-7-12(9-11)17-2/h5-7,9,13-14H,4,8,10H2,1-3H3. The van der Waals surface area contributed by atoms with Crippen molar-refractivity contribution in [3.8, 4) is 5.75 Å². The minimum absolute atomic E-state index is 0.0974. The van der Waals surface area contributed by atoms with Crippen molar-refractivity contribution in [3.05, 3.63) is 29.8 Å². The number of ether oxygens (including phenoxy) is 1. The summed E-state index contributed by atoms with van der Waals surface area (Å²) in [7, 11) is -1.42. The van der Waals surface area contributed by atoms with Crippen LogP contribution in [0, 0.1) is 0 Å². The van der Waals surface area contributed by atoms with Gasteiger partial charge in [-0.3, -0.25) is 0 Å². The fraction of sp³-hybridized carbons (Fsp3) is 0.538. The molecule has 0 amide bonds. The molecule has 0 aromatic heterocycles. The number of nitrogens with one attached hydrogen (secondary N) is 1. The van der Waals surface area contributed by atoms with Crippen LogP contribution in [0.1, 0.15) is 24.9 Å². The zero-order chi connectivity index (χ0) is 13.6. The molecular weight excluding hydrogens is 250 g/mol. The van der Waals surface area contributed by atoms with Crippen molar-refractivity contribution in [1.29, 1.82) is 0 Å². The highest BCUT2D eigenvalue weighted by Crippen LogP contribution is 2.20. The maximum absolute atomic E-state index is 11.5. The molecule has 0 saturated carbocycles. The van der Waals surface area contributed by atoms with Crippen LogP contribution in [0.4, 0.5) is 0 Å². The number of hydrogen-bond acceptors (Lipinski definition) is 4. The molecule has 18 heavy (non-hydrogen) atoms. The van der Waals surface area contributed by atoms with Crippen LogP contribution in [-0.4, -0.2) is 34.1 Å². The molecule has 1 N–H and O–H groups in total. The van der Waals surface area contributed by atoms with Crippen molar-refractivity contribution in [2.24, 2.45) is 0 Å². The van der Waals surface area contributed by atoms with Crippen molar-refractivity contribution in [1.82, 2.24) is 5.32 Å². The van der Waals surface area contributed by atoms with Gasteiger partial charge >= 0.3 is 0 Å². The Morgan fingerprint density at radius 3 is 2.67 bits per heavy atom. The van der Waals surface area contributed by atoms with Crippen LogP contribution in [0.15, 0.2) is 24.3 Å². The molecular formula is C13H21NO3S. The first-order valence-corrected chi connectivity index (χ1v) is 8.07. The third-order valence-corrected chi connectivity index (χ3v) is 3.55. The van der Waals surface area contributed by atoms with Crippen molar-refractivity contribution >= 4 is 9.84 Å². The van der Waals surface area contributed by atoms with Gasteiger partial charge in [0.15, 0.2) is 0 Å². The van der Waals surface area contributed by atoms with Crippen molar-refractivity contribution in [2.75, 3.05) is 25.7 Å². The van der Waals surface area contributed by atoms with Crippen LogP contribution in [0.3, 0.4) is 0 Å². The topological polar surface area (TPSA) is 55.4 Å². The number of methoxy groups -OCH3 is 1. The van der Waals surface area contributed by atoms with Gasteiger partial charge in [0, 0.05) is 12.3 Å². The van der Waals surface area contributed by atoms with Gasteiger partial charge in [-0.1, -0.05) is 19.1 Å². The molecule has 0 fully saturated rings. The van der Waals surface area contributed by atoms with Crippen LogP contribution < -0.4 is 10.1 Å². The quantitative estimate of drug-likeness (QED) is 0.821. The van der Waals surface area contributed by atoms with Crippen molar-refractivity contribution in [3.63, 3.8) is 0 Å². The summed E-state index contributed by atoms with van der Waals surface area (Å²) in [6, 6.07) is 7.33. The average Bonchev–Trinajstić information content (AvgIpc) is 2.33. The smallest absolute Gasteiger partial charge is 0.149 e.